The maximum Gasteiger partial charge on any atom is 0.263 e. The number of fused-ring (bicyclic) bond motifs is 1. The van der Waals surface area contributed by atoms with E-state index in [1.807, 2.05) is 11.9 Å². The number of halogens is 1. The molecule has 1 amide bonds. The number of amides is 1. The Morgan fingerprint density at radius 1 is 1.39 bits per heavy atom. The lowest BCUT2D eigenvalue weighted by atomic mass is 10.1. The summed E-state index contributed by atoms with van der Waals surface area (Å²) in [6.07, 6.45) is 7.21. The average molecular weight is 330 g/mol. The van der Waals surface area contributed by atoms with Gasteiger partial charge in [0.15, 0.2) is 0 Å². The Hall–Kier alpha value is -0.350. The first kappa shape index (κ1) is 14.1. The smallest absolute Gasteiger partial charge is 0.263 e. The van der Waals surface area contributed by atoms with E-state index >= 15 is 0 Å². The van der Waals surface area contributed by atoms with Gasteiger partial charge in [-0.05, 0) is 43.7 Å². The van der Waals surface area contributed by atoms with Crippen molar-refractivity contribution in [2.24, 2.45) is 0 Å². The van der Waals surface area contributed by atoms with Crippen molar-refractivity contribution in [3.8, 4) is 0 Å². The number of rotatable bonds is 4. The van der Waals surface area contributed by atoms with Crippen molar-refractivity contribution < 1.29 is 4.79 Å². The predicted molar refractivity (Wildman–Crippen MR) is 80.9 cm³/mol. The van der Waals surface area contributed by atoms with Gasteiger partial charge in [-0.2, -0.15) is 0 Å². The van der Waals surface area contributed by atoms with Gasteiger partial charge in [0.05, 0.1) is 4.88 Å². The third kappa shape index (κ3) is 3.35. The maximum absolute atomic E-state index is 12.3. The molecule has 0 N–H and O–H groups in total. The minimum atomic E-state index is 0.189. The summed E-state index contributed by atoms with van der Waals surface area (Å²) in [4.78, 5) is 16.5. The molecule has 0 unspecified atom stereocenters. The number of carbonyl (C=O) groups is 1. The van der Waals surface area contributed by atoms with Gasteiger partial charge >= 0.3 is 0 Å². The third-order valence-electron chi connectivity index (χ3n) is 3.43. The van der Waals surface area contributed by atoms with E-state index < -0.39 is 0 Å². The SMILES string of the molecule is CN(CCCBr)C(=O)c1cc2c(s1)CCCCC2. The van der Waals surface area contributed by atoms with Gasteiger partial charge in [0.2, 0.25) is 0 Å². The fourth-order valence-corrected chi connectivity index (χ4v) is 3.86. The number of alkyl halides is 1. The molecule has 2 rings (SSSR count). The molecule has 0 fully saturated rings. The quantitative estimate of drug-likeness (QED) is 0.606. The van der Waals surface area contributed by atoms with E-state index in [0.29, 0.717) is 0 Å². The van der Waals surface area contributed by atoms with Crippen molar-refractivity contribution >= 4 is 33.2 Å². The van der Waals surface area contributed by atoms with Gasteiger partial charge in [0.1, 0.15) is 0 Å². The lowest BCUT2D eigenvalue weighted by Gasteiger charge is -2.15. The monoisotopic (exact) mass is 329 g/mol. The van der Waals surface area contributed by atoms with Gasteiger partial charge in [-0.1, -0.05) is 22.4 Å². The molecule has 4 heteroatoms. The van der Waals surface area contributed by atoms with Crippen molar-refractivity contribution in [2.45, 2.75) is 38.5 Å². The Balaban J connectivity index is 2.06. The topological polar surface area (TPSA) is 20.3 Å². The van der Waals surface area contributed by atoms with Gasteiger partial charge < -0.3 is 4.90 Å². The van der Waals surface area contributed by atoms with Gasteiger partial charge in [-0.3, -0.25) is 4.79 Å². The summed E-state index contributed by atoms with van der Waals surface area (Å²) in [7, 11) is 1.90. The van der Waals surface area contributed by atoms with Crippen LogP contribution in [0.15, 0.2) is 6.07 Å². The molecule has 0 atom stereocenters. The number of aryl methyl sites for hydroxylation is 2. The van der Waals surface area contributed by atoms with Crippen molar-refractivity contribution in [3.63, 3.8) is 0 Å². The van der Waals surface area contributed by atoms with E-state index in [0.717, 1.165) is 29.6 Å². The summed E-state index contributed by atoms with van der Waals surface area (Å²) in [6.45, 7) is 0.826. The van der Waals surface area contributed by atoms with Gasteiger partial charge in [0.25, 0.3) is 5.91 Å². The second-order valence-electron chi connectivity index (χ2n) is 4.89. The normalized spacial score (nSPS) is 15.0. The largest absolute Gasteiger partial charge is 0.341 e. The zero-order chi connectivity index (χ0) is 13.0. The van der Waals surface area contributed by atoms with Crippen LogP contribution in [0.4, 0.5) is 0 Å². The molecule has 18 heavy (non-hydrogen) atoms. The van der Waals surface area contributed by atoms with Crippen molar-refractivity contribution in [1.29, 1.82) is 0 Å². The van der Waals surface area contributed by atoms with E-state index in [9.17, 15) is 4.79 Å². The van der Waals surface area contributed by atoms with Crippen molar-refractivity contribution in [2.75, 3.05) is 18.9 Å². The molecule has 1 heterocycles. The molecule has 1 aromatic rings. The van der Waals surface area contributed by atoms with Crippen molar-refractivity contribution in [3.05, 3.63) is 21.4 Å². The molecule has 1 aliphatic carbocycles. The summed E-state index contributed by atoms with van der Waals surface area (Å²) >= 11 is 5.12. The summed E-state index contributed by atoms with van der Waals surface area (Å²) in [5.41, 5.74) is 1.43. The molecule has 2 nitrogen and oxygen atoms in total. The molecule has 1 aliphatic rings. The molecular formula is C14H20BrNOS. The van der Waals surface area contributed by atoms with E-state index in [4.69, 9.17) is 0 Å². The van der Waals surface area contributed by atoms with Crippen LogP contribution in [0.1, 0.15) is 45.8 Å². The van der Waals surface area contributed by atoms with Crippen molar-refractivity contribution in [1.82, 2.24) is 4.90 Å². The molecular weight excluding hydrogens is 310 g/mol. The fraction of sp³-hybridized carbons (Fsp3) is 0.643. The summed E-state index contributed by atoms with van der Waals surface area (Å²) < 4.78 is 0. The zero-order valence-electron chi connectivity index (χ0n) is 10.9. The highest BCUT2D eigenvalue weighted by molar-refractivity contribution is 9.09. The van der Waals surface area contributed by atoms with Crippen LogP contribution >= 0.6 is 27.3 Å². The number of nitrogens with zero attached hydrogens (tertiary/aromatic N) is 1. The third-order valence-corrected chi connectivity index (χ3v) is 5.22. The summed E-state index contributed by atoms with van der Waals surface area (Å²) in [5, 5.41) is 0.950. The van der Waals surface area contributed by atoms with Gasteiger partial charge in [-0.15, -0.1) is 11.3 Å². The minimum absolute atomic E-state index is 0.189. The molecule has 0 saturated heterocycles. The summed E-state index contributed by atoms with van der Waals surface area (Å²) in [5.74, 6) is 0.189. The standard InChI is InChI=1S/C14H20BrNOS/c1-16(9-5-8-15)14(17)13-10-11-6-3-2-4-7-12(11)18-13/h10H,2-9H2,1H3. The zero-order valence-corrected chi connectivity index (χ0v) is 13.3. The van der Waals surface area contributed by atoms with E-state index in [1.54, 1.807) is 11.3 Å². The maximum atomic E-state index is 12.3. The van der Waals surface area contributed by atoms with Crippen LogP contribution in [-0.4, -0.2) is 29.7 Å². The highest BCUT2D eigenvalue weighted by atomic mass is 79.9. The minimum Gasteiger partial charge on any atom is -0.341 e. The number of hydrogen-bond donors (Lipinski definition) is 0. The first-order valence-electron chi connectivity index (χ1n) is 6.65. The Kier molecular flexibility index (Phi) is 5.25. The van der Waals surface area contributed by atoms with E-state index in [2.05, 4.69) is 22.0 Å². The average Bonchev–Trinajstić information content (AvgIpc) is 2.66. The van der Waals surface area contributed by atoms with E-state index in [-0.39, 0.29) is 5.91 Å². The molecule has 0 spiro atoms. The molecule has 0 aromatic carbocycles. The lowest BCUT2D eigenvalue weighted by Crippen LogP contribution is -2.27. The van der Waals surface area contributed by atoms with Gasteiger partial charge in [-0.25, -0.2) is 0 Å². The molecule has 0 saturated carbocycles. The van der Waals surface area contributed by atoms with Crippen LogP contribution in [0.5, 0.6) is 0 Å². The highest BCUT2D eigenvalue weighted by Crippen LogP contribution is 2.29. The van der Waals surface area contributed by atoms with Crippen LogP contribution in [-0.2, 0) is 12.8 Å². The summed E-state index contributed by atoms with van der Waals surface area (Å²) in [6, 6.07) is 2.14. The predicted octanol–water partition coefficient (Wildman–Crippen LogP) is 3.87. The highest BCUT2D eigenvalue weighted by Gasteiger charge is 2.18. The van der Waals surface area contributed by atoms with Crippen LogP contribution in [0.3, 0.4) is 0 Å². The molecule has 0 aliphatic heterocycles. The van der Waals surface area contributed by atoms with Crippen LogP contribution in [0, 0.1) is 0 Å². The van der Waals surface area contributed by atoms with Crippen LogP contribution in [0.25, 0.3) is 0 Å². The number of hydrogen-bond acceptors (Lipinski definition) is 2. The van der Waals surface area contributed by atoms with Crippen LogP contribution < -0.4 is 0 Å². The number of carbonyl (C=O) groups excluding carboxylic acids is 1. The number of thiophene rings is 1. The second kappa shape index (κ2) is 6.71. The fourth-order valence-electron chi connectivity index (χ4n) is 2.36. The molecule has 100 valence electrons. The van der Waals surface area contributed by atoms with E-state index in [1.165, 1.54) is 36.1 Å². The Morgan fingerprint density at radius 3 is 2.94 bits per heavy atom. The first-order chi connectivity index (χ1) is 8.72. The first-order valence-corrected chi connectivity index (χ1v) is 8.59. The molecule has 0 radical (unpaired) electrons. The molecule has 0 bridgehead atoms. The lowest BCUT2D eigenvalue weighted by molar-refractivity contribution is 0.0800. The van der Waals surface area contributed by atoms with Gasteiger partial charge in [0, 0.05) is 23.8 Å². The Labute approximate surface area is 122 Å². The van der Waals surface area contributed by atoms with Crippen LogP contribution in [0.2, 0.25) is 0 Å². The Morgan fingerprint density at radius 2 is 2.17 bits per heavy atom. The molecule has 1 aromatic heterocycles. The second-order valence-corrected chi connectivity index (χ2v) is 6.82. The Bertz CT molecular complexity index is 392.